The van der Waals surface area contributed by atoms with Gasteiger partial charge in [-0.05, 0) is 46.5 Å². The highest BCUT2D eigenvalue weighted by Gasteiger charge is 2.13. The highest BCUT2D eigenvalue weighted by atomic mass is 16.7. The zero-order chi connectivity index (χ0) is 41.8. The molecule has 16 heteroatoms. The zero-order valence-electron chi connectivity index (χ0n) is 31.7. The van der Waals surface area contributed by atoms with E-state index in [1.54, 1.807) is 30.5 Å². The number of carbonyl (C=O) groups excluding carboxylic acids is 1. The van der Waals surface area contributed by atoms with Crippen molar-refractivity contribution < 1.29 is 29.5 Å². The van der Waals surface area contributed by atoms with Gasteiger partial charge in [0.1, 0.15) is 25.9 Å². The second kappa shape index (κ2) is 18.7. The molecule has 0 aliphatic heterocycles. The fraction of sp³-hybridized carbons (Fsp3) is 0.0909. The van der Waals surface area contributed by atoms with E-state index in [-0.39, 0.29) is 36.0 Å². The summed E-state index contributed by atoms with van der Waals surface area (Å²) in [5.41, 5.74) is 4.90. The number of nitrogens with one attached hydrogen (secondary N) is 2. The third-order valence-electron chi connectivity index (χ3n) is 9.07. The van der Waals surface area contributed by atoms with Crippen molar-refractivity contribution in [3.63, 3.8) is 0 Å². The van der Waals surface area contributed by atoms with Crippen molar-refractivity contribution >= 4 is 45.4 Å². The Bertz CT molecular complexity index is 2870. The minimum Gasteiger partial charge on any atom is -0.478 e. The first kappa shape index (κ1) is 39.8. The van der Waals surface area contributed by atoms with E-state index < -0.39 is 11.5 Å². The van der Waals surface area contributed by atoms with Crippen LogP contribution in [-0.4, -0.2) is 51.6 Å². The number of pyridine rings is 2. The molecule has 0 aliphatic rings. The largest absolute Gasteiger partial charge is 0.478 e. The van der Waals surface area contributed by atoms with E-state index in [1.165, 1.54) is 47.8 Å². The number of carbonyl (C=O) groups is 2. The molecule has 0 amide bonds. The van der Waals surface area contributed by atoms with E-state index in [0.29, 0.717) is 51.2 Å². The second-order valence-electron chi connectivity index (χ2n) is 13.1. The summed E-state index contributed by atoms with van der Waals surface area (Å²) in [5, 5.41) is 26.0. The molecule has 16 nitrogen and oxygen atoms in total. The molecule has 0 unspecified atom stereocenters. The summed E-state index contributed by atoms with van der Waals surface area (Å²) in [6.45, 7) is 1.25. The van der Waals surface area contributed by atoms with Crippen molar-refractivity contribution in [2.75, 3.05) is 10.6 Å². The molecular weight excluding hydrogens is 769 g/mol. The Morgan fingerprint density at radius 3 is 1.67 bits per heavy atom. The number of hydrogen-bond donors (Lipinski definition) is 4. The topological polar surface area (TPSA) is 213 Å². The molecule has 300 valence electrons. The zero-order valence-corrected chi connectivity index (χ0v) is 31.7. The molecule has 0 saturated heterocycles. The molecule has 0 fully saturated rings. The van der Waals surface area contributed by atoms with Crippen LogP contribution in [0.4, 0.5) is 11.4 Å². The lowest BCUT2D eigenvalue weighted by Crippen LogP contribution is -2.27. The molecule has 8 rings (SSSR count). The van der Waals surface area contributed by atoms with Gasteiger partial charge in [-0.1, -0.05) is 84.9 Å². The van der Waals surface area contributed by atoms with E-state index in [4.69, 9.17) is 14.7 Å². The lowest BCUT2D eigenvalue weighted by Gasteiger charge is -2.14. The minimum absolute atomic E-state index is 0.108. The molecule has 8 aromatic rings. The maximum Gasteiger partial charge on any atom is 0.338 e. The lowest BCUT2D eigenvalue weighted by molar-refractivity contribution is 0.0472. The predicted molar refractivity (Wildman–Crippen MR) is 222 cm³/mol. The van der Waals surface area contributed by atoms with E-state index in [9.17, 15) is 24.4 Å². The summed E-state index contributed by atoms with van der Waals surface area (Å²) < 4.78 is 7.03. The molecule has 0 radical (unpaired) electrons. The van der Waals surface area contributed by atoms with Crippen LogP contribution in [0.1, 0.15) is 43.0 Å². The van der Waals surface area contributed by atoms with Crippen LogP contribution in [0.25, 0.3) is 22.1 Å². The Balaban J connectivity index is 0.000000203. The fourth-order valence-corrected chi connectivity index (χ4v) is 5.94. The van der Waals surface area contributed by atoms with Crippen molar-refractivity contribution in [2.45, 2.75) is 26.3 Å². The molecule has 0 aliphatic carbocycles. The second-order valence-corrected chi connectivity index (χ2v) is 13.1. The van der Waals surface area contributed by atoms with Gasteiger partial charge in [0.25, 0.3) is 11.1 Å². The lowest BCUT2D eigenvalue weighted by atomic mass is 10.1. The number of hydrogen-bond acceptors (Lipinski definition) is 13. The molecule has 4 heterocycles. The van der Waals surface area contributed by atoms with Crippen LogP contribution < -0.4 is 26.6 Å². The fourth-order valence-electron chi connectivity index (χ4n) is 5.94. The maximum absolute atomic E-state index is 12.9. The van der Waals surface area contributed by atoms with Crippen molar-refractivity contribution in [3.8, 4) is 0 Å². The smallest absolute Gasteiger partial charge is 0.338 e. The summed E-state index contributed by atoms with van der Waals surface area (Å²) >= 11 is 0. The minimum atomic E-state index is -0.987. The number of benzene rings is 4. The number of carboxylic acid groups (broad SMARTS) is 1. The third kappa shape index (κ3) is 9.75. The third-order valence-corrected chi connectivity index (χ3v) is 9.07. The van der Waals surface area contributed by atoms with Crippen molar-refractivity contribution in [1.29, 1.82) is 0 Å². The highest BCUT2D eigenvalue weighted by molar-refractivity contribution is 5.90. The van der Waals surface area contributed by atoms with Crippen LogP contribution >= 0.6 is 0 Å². The van der Waals surface area contributed by atoms with Crippen molar-refractivity contribution in [3.05, 3.63) is 200 Å². The van der Waals surface area contributed by atoms with Gasteiger partial charge in [-0.3, -0.25) is 9.59 Å². The quantitative estimate of drug-likeness (QED) is 0.0810. The Hall–Kier alpha value is -8.40. The number of nitrogens with zero attached hydrogens (tertiary/aromatic N) is 6. The molecule has 60 heavy (non-hydrogen) atoms. The number of aromatic carboxylic acids is 1. The van der Waals surface area contributed by atoms with Crippen LogP contribution in [0.3, 0.4) is 0 Å². The Morgan fingerprint density at radius 1 is 0.600 bits per heavy atom. The average molecular weight is 805 g/mol. The molecule has 4 N–H and O–H groups in total. The average Bonchev–Trinajstić information content (AvgIpc) is 3.29. The SMILES string of the molecule is O=C(O)c1ccc(CNc2cc(=O)n(O)c3ncncc23)cc1.O=C(OCc1ccccc1)c1ccc(CNc2cc(=O)n(OCc3ccccc3)c3ncncc23)cc1. The van der Waals surface area contributed by atoms with Gasteiger partial charge >= 0.3 is 11.9 Å². The van der Waals surface area contributed by atoms with Crippen LogP contribution in [0.15, 0.2) is 156 Å². The van der Waals surface area contributed by atoms with Gasteiger partial charge in [0.2, 0.25) is 0 Å². The number of anilines is 2. The van der Waals surface area contributed by atoms with Gasteiger partial charge in [-0.2, -0.15) is 0 Å². The number of fused-ring (bicyclic) bond motifs is 2. The predicted octanol–water partition coefficient (Wildman–Crippen LogP) is 5.73. The normalized spacial score (nSPS) is 10.7. The first-order chi connectivity index (χ1) is 29.2. The molecule has 0 bridgehead atoms. The standard InChI is InChI=1S/C29H24N4O4.C15H12N4O4/c34-27-15-26(25-17-30-20-32-28(25)33(27)37-19-23-9-5-2-6-10-23)31-16-21-11-13-24(14-12-21)29(35)36-18-22-7-3-1-4-8-22;20-13-5-12(11-7-16-8-18-14(11)19(13)23)17-6-9-1-3-10(4-2-9)15(21)22/h1-15,17,20,31H,16,18-19H2;1-5,7-8,17,23H,6H2,(H,21,22). The molecule has 0 atom stereocenters. The van der Waals surface area contributed by atoms with Crippen LogP contribution in [0.2, 0.25) is 0 Å². The van der Waals surface area contributed by atoms with Crippen LogP contribution in [0.5, 0.6) is 0 Å². The van der Waals surface area contributed by atoms with Crippen molar-refractivity contribution in [2.24, 2.45) is 0 Å². The van der Waals surface area contributed by atoms with Gasteiger partial charge in [0.05, 0.1) is 33.3 Å². The Morgan fingerprint density at radius 2 is 1.10 bits per heavy atom. The summed E-state index contributed by atoms with van der Waals surface area (Å²) in [4.78, 5) is 69.7. The maximum atomic E-state index is 12.9. The molecule has 0 saturated carbocycles. The van der Waals surface area contributed by atoms with E-state index in [0.717, 1.165) is 22.3 Å². The summed E-state index contributed by atoms with van der Waals surface area (Å²) in [6, 6.07) is 35.3. The van der Waals surface area contributed by atoms with E-state index in [2.05, 4.69) is 30.6 Å². The molecule has 0 spiro atoms. The Labute approximate surface area is 340 Å². The van der Waals surface area contributed by atoms with Gasteiger partial charge < -0.3 is 30.5 Å². The van der Waals surface area contributed by atoms with Gasteiger partial charge in [-0.15, -0.1) is 9.46 Å². The van der Waals surface area contributed by atoms with Gasteiger partial charge in [0, 0.05) is 37.6 Å². The van der Waals surface area contributed by atoms with Gasteiger partial charge in [-0.25, -0.2) is 29.5 Å². The van der Waals surface area contributed by atoms with E-state index >= 15 is 0 Å². The summed E-state index contributed by atoms with van der Waals surface area (Å²) in [6.07, 6.45) is 5.75. The molecular formula is C44H36N8O8. The summed E-state index contributed by atoms with van der Waals surface area (Å²) in [5.74, 6) is -1.37. The number of rotatable bonds is 13. The van der Waals surface area contributed by atoms with Crippen molar-refractivity contribution in [1.82, 2.24) is 29.4 Å². The number of esters is 1. The number of aromatic nitrogens is 6. The highest BCUT2D eigenvalue weighted by Crippen LogP contribution is 2.21. The van der Waals surface area contributed by atoms with Crippen LogP contribution in [0, 0.1) is 0 Å². The Kier molecular flexibility index (Phi) is 12.4. The number of carboxylic acids is 1. The first-order valence-corrected chi connectivity index (χ1v) is 18.4. The monoisotopic (exact) mass is 804 g/mol. The van der Waals surface area contributed by atoms with Crippen LogP contribution in [-0.2, 0) is 31.0 Å². The first-order valence-electron chi connectivity index (χ1n) is 18.4. The van der Waals surface area contributed by atoms with E-state index in [1.807, 2.05) is 72.8 Å². The number of ether oxygens (including phenoxy) is 1. The molecule has 4 aromatic carbocycles. The molecule has 4 aromatic heterocycles. The van der Waals surface area contributed by atoms with Gasteiger partial charge in [0.15, 0.2) is 11.3 Å². The summed E-state index contributed by atoms with van der Waals surface area (Å²) in [7, 11) is 0.